The summed E-state index contributed by atoms with van der Waals surface area (Å²) in [6, 6.07) is 9.80. The molecule has 5 N–H and O–H groups in total. The number of rotatable bonds is 7. The van der Waals surface area contributed by atoms with Crippen molar-refractivity contribution in [2.75, 3.05) is 16.0 Å². The highest BCUT2D eigenvalue weighted by molar-refractivity contribution is 6.07. The molecule has 8 nitrogen and oxygen atoms in total. The van der Waals surface area contributed by atoms with Crippen LogP contribution in [0.4, 0.5) is 17.1 Å². The molecular weight excluding hydrogens is 382 g/mol. The number of anilines is 3. The standard InChI is InChI=1S/C22H23N5O3/c1-4-21(29)27-19-7-5-16(9-13(19)2)26-22(30)18-10-17(6-8-20(18)28)25-14(3)15-11-23-24-12-15/h5-12,25,28H,3-4H2,1-2H3,(H,23,24)(H,26,30)(H,27,29). The van der Waals surface area contributed by atoms with E-state index in [9.17, 15) is 14.7 Å². The van der Waals surface area contributed by atoms with Crippen molar-refractivity contribution in [1.29, 1.82) is 0 Å². The minimum Gasteiger partial charge on any atom is -0.507 e. The van der Waals surface area contributed by atoms with Crippen LogP contribution in [0.15, 0.2) is 55.4 Å². The molecule has 0 aliphatic heterocycles. The van der Waals surface area contributed by atoms with Crippen molar-refractivity contribution in [3.63, 3.8) is 0 Å². The molecule has 30 heavy (non-hydrogen) atoms. The molecule has 2 aromatic carbocycles. The van der Waals surface area contributed by atoms with Gasteiger partial charge in [-0.25, -0.2) is 0 Å². The van der Waals surface area contributed by atoms with Crippen LogP contribution in [0.1, 0.15) is 34.8 Å². The fraction of sp³-hybridized carbons (Fsp3) is 0.136. The number of phenolic OH excluding ortho intramolecular Hbond substituents is 1. The van der Waals surface area contributed by atoms with Crippen LogP contribution >= 0.6 is 0 Å². The molecule has 0 saturated carbocycles. The van der Waals surface area contributed by atoms with Crippen LogP contribution in [0, 0.1) is 6.92 Å². The van der Waals surface area contributed by atoms with E-state index in [1.165, 1.54) is 6.07 Å². The number of hydrogen-bond donors (Lipinski definition) is 5. The first-order chi connectivity index (χ1) is 14.4. The van der Waals surface area contributed by atoms with Gasteiger partial charge in [0.15, 0.2) is 0 Å². The third-order valence-electron chi connectivity index (χ3n) is 4.46. The lowest BCUT2D eigenvalue weighted by molar-refractivity contribution is -0.115. The van der Waals surface area contributed by atoms with Crippen LogP contribution in [-0.4, -0.2) is 27.1 Å². The summed E-state index contributed by atoms with van der Waals surface area (Å²) in [7, 11) is 0. The molecule has 154 valence electrons. The second-order valence-corrected chi connectivity index (χ2v) is 6.71. The van der Waals surface area contributed by atoms with Gasteiger partial charge in [0.25, 0.3) is 5.91 Å². The zero-order chi connectivity index (χ0) is 21.7. The number of carbonyl (C=O) groups is 2. The summed E-state index contributed by atoms with van der Waals surface area (Å²) < 4.78 is 0. The smallest absolute Gasteiger partial charge is 0.259 e. The Kier molecular flexibility index (Phi) is 6.17. The summed E-state index contributed by atoms with van der Waals surface area (Å²) in [5.74, 6) is -0.688. The first-order valence-electron chi connectivity index (χ1n) is 9.37. The Morgan fingerprint density at radius 2 is 1.83 bits per heavy atom. The van der Waals surface area contributed by atoms with Gasteiger partial charge in [-0.15, -0.1) is 0 Å². The molecule has 0 atom stereocenters. The number of nitrogens with zero attached hydrogens (tertiary/aromatic N) is 1. The van der Waals surface area contributed by atoms with E-state index in [4.69, 9.17) is 0 Å². The number of hydrogen-bond acceptors (Lipinski definition) is 5. The molecule has 3 aromatic rings. The lowest BCUT2D eigenvalue weighted by Crippen LogP contribution is -2.14. The number of nitrogens with one attached hydrogen (secondary N) is 4. The van der Waals surface area contributed by atoms with E-state index in [1.807, 2.05) is 6.92 Å². The number of benzene rings is 2. The molecular formula is C22H23N5O3. The molecule has 8 heteroatoms. The SMILES string of the molecule is C=C(Nc1ccc(O)c(C(=O)Nc2ccc(NC(=O)CC)c(C)c2)c1)c1cn[nH]c1. The summed E-state index contributed by atoms with van der Waals surface area (Å²) in [4.78, 5) is 24.3. The molecule has 0 unspecified atom stereocenters. The normalized spacial score (nSPS) is 10.3. The fourth-order valence-corrected chi connectivity index (χ4v) is 2.78. The van der Waals surface area contributed by atoms with Gasteiger partial charge in [0, 0.05) is 40.9 Å². The molecule has 0 saturated heterocycles. The molecule has 1 aromatic heterocycles. The van der Waals surface area contributed by atoms with Gasteiger partial charge in [0.05, 0.1) is 11.8 Å². The lowest BCUT2D eigenvalue weighted by Gasteiger charge is -2.13. The monoisotopic (exact) mass is 405 g/mol. The van der Waals surface area contributed by atoms with E-state index in [2.05, 4.69) is 32.7 Å². The Morgan fingerprint density at radius 1 is 1.10 bits per heavy atom. The summed E-state index contributed by atoms with van der Waals surface area (Å²) in [6.45, 7) is 7.55. The van der Waals surface area contributed by atoms with Crippen molar-refractivity contribution in [3.8, 4) is 5.75 Å². The van der Waals surface area contributed by atoms with Gasteiger partial charge in [0.2, 0.25) is 5.91 Å². The van der Waals surface area contributed by atoms with E-state index < -0.39 is 5.91 Å². The van der Waals surface area contributed by atoms with Crippen LogP contribution in [-0.2, 0) is 4.79 Å². The Labute approximate surface area is 174 Å². The van der Waals surface area contributed by atoms with Crippen LogP contribution in [0.5, 0.6) is 5.75 Å². The Morgan fingerprint density at radius 3 is 2.50 bits per heavy atom. The zero-order valence-electron chi connectivity index (χ0n) is 16.7. The van der Waals surface area contributed by atoms with Gasteiger partial charge in [-0.05, 0) is 48.9 Å². The maximum atomic E-state index is 12.7. The summed E-state index contributed by atoms with van der Waals surface area (Å²) >= 11 is 0. The number of aromatic hydroxyl groups is 1. The van der Waals surface area contributed by atoms with Crippen molar-refractivity contribution in [1.82, 2.24) is 10.2 Å². The number of aromatic nitrogens is 2. The zero-order valence-corrected chi connectivity index (χ0v) is 16.7. The van der Waals surface area contributed by atoms with Crippen LogP contribution < -0.4 is 16.0 Å². The van der Waals surface area contributed by atoms with Crippen molar-refractivity contribution < 1.29 is 14.7 Å². The highest BCUT2D eigenvalue weighted by Crippen LogP contribution is 2.26. The van der Waals surface area contributed by atoms with Gasteiger partial charge < -0.3 is 21.1 Å². The minimum absolute atomic E-state index is 0.0823. The summed E-state index contributed by atoms with van der Waals surface area (Å²) in [5, 5.41) is 25.4. The molecule has 0 aliphatic rings. The van der Waals surface area contributed by atoms with Gasteiger partial charge in [-0.3, -0.25) is 14.7 Å². The summed E-state index contributed by atoms with van der Waals surface area (Å²) in [5.41, 5.74) is 4.13. The Balaban J connectivity index is 1.74. The average molecular weight is 405 g/mol. The molecule has 0 spiro atoms. The first-order valence-corrected chi connectivity index (χ1v) is 9.37. The maximum Gasteiger partial charge on any atom is 0.259 e. The Hall–Kier alpha value is -4.07. The number of amides is 2. The number of carbonyl (C=O) groups excluding carboxylic acids is 2. The largest absolute Gasteiger partial charge is 0.507 e. The van der Waals surface area contributed by atoms with Gasteiger partial charge in [-0.1, -0.05) is 13.5 Å². The van der Waals surface area contributed by atoms with Crippen LogP contribution in [0.3, 0.4) is 0 Å². The maximum absolute atomic E-state index is 12.7. The second kappa shape index (κ2) is 8.95. The van der Waals surface area contributed by atoms with Crippen molar-refractivity contribution in [3.05, 3.63) is 72.1 Å². The van der Waals surface area contributed by atoms with Gasteiger partial charge >= 0.3 is 0 Å². The van der Waals surface area contributed by atoms with Crippen LogP contribution in [0.2, 0.25) is 0 Å². The minimum atomic E-state index is -0.463. The Bertz CT molecular complexity index is 1090. The number of H-pyrrole nitrogens is 1. The predicted molar refractivity (Wildman–Crippen MR) is 117 cm³/mol. The van der Waals surface area contributed by atoms with Gasteiger partial charge in [0.1, 0.15) is 5.75 Å². The van der Waals surface area contributed by atoms with E-state index in [-0.39, 0.29) is 17.2 Å². The van der Waals surface area contributed by atoms with Crippen molar-refractivity contribution in [2.45, 2.75) is 20.3 Å². The molecule has 1 heterocycles. The highest BCUT2D eigenvalue weighted by atomic mass is 16.3. The van der Waals surface area contributed by atoms with Crippen LogP contribution in [0.25, 0.3) is 5.70 Å². The third-order valence-corrected chi connectivity index (χ3v) is 4.46. The second-order valence-electron chi connectivity index (χ2n) is 6.71. The van der Waals surface area contributed by atoms with Gasteiger partial charge in [-0.2, -0.15) is 5.10 Å². The highest BCUT2D eigenvalue weighted by Gasteiger charge is 2.14. The average Bonchev–Trinajstić information content (AvgIpc) is 3.26. The summed E-state index contributed by atoms with van der Waals surface area (Å²) in [6.07, 6.45) is 3.70. The van der Waals surface area contributed by atoms with E-state index in [0.29, 0.717) is 29.2 Å². The molecule has 0 fully saturated rings. The van der Waals surface area contributed by atoms with E-state index in [0.717, 1.165) is 11.1 Å². The first kappa shape index (κ1) is 20.7. The number of aromatic amines is 1. The third kappa shape index (κ3) is 4.85. The van der Waals surface area contributed by atoms with Crippen molar-refractivity contribution >= 4 is 34.6 Å². The van der Waals surface area contributed by atoms with E-state index in [1.54, 1.807) is 49.6 Å². The lowest BCUT2D eigenvalue weighted by atomic mass is 10.1. The van der Waals surface area contributed by atoms with Crippen molar-refractivity contribution in [2.24, 2.45) is 0 Å². The topological polar surface area (TPSA) is 119 Å². The quantitative estimate of drug-likeness (QED) is 0.379. The fourth-order valence-electron chi connectivity index (χ4n) is 2.78. The molecule has 3 rings (SSSR count). The number of phenols is 1. The molecule has 0 radical (unpaired) electrons. The molecule has 2 amide bonds. The number of aryl methyl sites for hydroxylation is 1. The van der Waals surface area contributed by atoms with E-state index >= 15 is 0 Å². The predicted octanol–water partition coefficient (Wildman–Crippen LogP) is 4.11. The molecule has 0 aliphatic carbocycles. The molecule has 0 bridgehead atoms.